The molecule has 3 aromatic rings. The van der Waals surface area contributed by atoms with Gasteiger partial charge in [-0.25, -0.2) is 4.68 Å². The van der Waals surface area contributed by atoms with Crippen molar-refractivity contribution in [2.75, 3.05) is 32.6 Å². The van der Waals surface area contributed by atoms with E-state index in [-0.39, 0.29) is 30.2 Å². The number of aromatic nitrogens is 2. The highest BCUT2D eigenvalue weighted by Crippen LogP contribution is 2.27. The molecule has 35 heavy (non-hydrogen) atoms. The SMILES string of the molecule is CCN(CC(=O)Nc1cc(C(C)(C)C)nn1-c1ccc(OC)cc1)C(=O)Cc1ccc(OC)cc1. The summed E-state index contributed by atoms with van der Waals surface area (Å²) in [6.07, 6.45) is 0.211. The number of nitrogens with zero attached hydrogens (tertiary/aromatic N) is 3. The highest BCUT2D eigenvalue weighted by Gasteiger charge is 2.23. The monoisotopic (exact) mass is 478 g/mol. The summed E-state index contributed by atoms with van der Waals surface area (Å²) in [5, 5.41) is 7.68. The molecule has 2 aromatic carbocycles. The van der Waals surface area contributed by atoms with Crippen LogP contribution in [-0.4, -0.2) is 53.8 Å². The topological polar surface area (TPSA) is 85.7 Å². The molecule has 0 aliphatic carbocycles. The molecule has 0 atom stereocenters. The highest BCUT2D eigenvalue weighted by atomic mass is 16.5. The van der Waals surface area contributed by atoms with Gasteiger partial charge in [0.05, 0.1) is 38.6 Å². The maximum Gasteiger partial charge on any atom is 0.245 e. The van der Waals surface area contributed by atoms with Crippen LogP contribution in [0.5, 0.6) is 11.5 Å². The second-order valence-electron chi connectivity index (χ2n) is 9.26. The van der Waals surface area contributed by atoms with E-state index >= 15 is 0 Å². The Balaban J connectivity index is 1.75. The summed E-state index contributed by atoms with van der Waals surface area (Å²) in [4.78, 5) is 27.4. The lowest BCUT2D eigenvalue weighted by molar-refractivity contribution is -0.133. The van der Waals surface area contributed by atoms with Crippen molar-refractivity contribution in [3.63, 3.8) is 0 Å². The number of anilines is 1. The van der Waals surface area contributed by atoms with Crippen LogP contribution >= 0.6 is 0 Å². The van der Waals surface area contributed by atoms with Crippen LogP contribution in [-0.2, 0) is 21.4 Å². The average Bonchev–Trinajstić information content (AvgIpc) is 3.27. The van der Waals surface area contributed by atoms with E-state index in [0.717, 1.165) is 28.4 Å². The van der Waals surface area contributed by atoms with E-state index < -0.39 is 0 Å². The molecule has 1 aromatic heterocycles. The number of carbonyl (C=O) groups excluding carboxylic acids is 2. The van der Waals surface area contributed by atoms with Crippen molar-refractivity contribution in [1.82, 2.24) is 14.7 Å². The number of rotatable bonds is 9. The van der Waals surface area contributed by atoms with Gasteiger partial charge in [-0.1, -0.05) is 32.9 Å². The number of methoxy groups -OCH3 is 2. The molecule has 2 amide bonds. The highest BCUT2D eigenvalue weighted by molar-refractivity contribution is 5.94. The fraction of sp³-hybridized carbons (Fsp3) is 0.370. The molecule has 0 bridgehead atoms. The molecule has 8 nitrogen and oxygen atoms in total. The Hall–Kier alpha value is -3.81. The quantitative estimate of drug-likeness (QED) is 0.498. The van der Waals surface area contributed by atoms with Crippen LogP contribution in [0.4, 0.5) is 5.82 Å². The number of benzene rings is 2. The van der Waals surface area contributed by atoms with Crippen LogP contribution in [0.15, 0.2) is 54.6 Å². The number of amides is 2. The number of nitrogens with one attached hydrogen (secondary N) is 1. The summed E-state index contributed by atoms with van der Waals surface area (Å²) in [5.41, 5.74) is 2.29. The molecule has 0 unspecified atom stereocenters. The molecular formula is C27H34N4O4. The first-order chi connectivity index (χ1) is 16.6. The minimum Gasteiger partial charge on any atom is -0.497 e. The van der Waals surface area contributed by atoms with Gasteiger partial charge in [0.25, 0.3) is 0 Å². The molecule has 8 heteroatoms. The lowest BCUT2D eigenvalue weighted by Gasteiger charge is -2.20. The van der Waals surface area contributed by atoms with Crippen molar-refractivity contribution >= 4 is 17.6 Å². The average molecular weight is 479 g/mol. The zero-order valence-electron chi connectivity index (χ0n) is 21.3. The van der Waals surface area contributed by atoms with Crippen LogP contribution in [0.25, 0.3) is 5.69 Å². The fourth-order valence-electron chi connectivity index (χ4n) is 3.52. The summed E-state index contributed by atoms with van der Waals surface area (Å²) >= 11 is 0. The Kier molecular flexibility index (Phi) is 8.17. The first kappa shape index (κ1) is 25.8. The van der Waals surface area contributed by atoms with Gasteiger partial charge < -0.3 is 19.7 Å². The van der Waals surface area contributed by atoms with E-state index in [1.165, 1.54) is 0 Å². The van der Waals surface area contributed by atoms with Crippen molar-refractivity contribution in [3.8, 4) is 17.2 Å². The second kappa shape index (κ2) is 11.1. The number of ether oxygens (including phenoxy) is 2. The lowest BCUT2D eigenvalue weighted by atomic mass is 9.92. The Morgan fingerprint density at radius 2 is 1.54 bits per heavy atom. The van der Waals surface area contributed by atoms with E-state index in [4.69, 9.17) is 14.6 Å². The predicted octanol–water partition coefficient (Wildman–Crippen LogP) is 4.22. The first-order valence-electron chi connectivity index (χ1n) is 11.6. The van der Waals surface area contributed by atoms with E-state index in [1.54, 1.807) is 23.8 Å². The molecule has 1 heterocycles. The number of hydrogen-bond donors (Lipinski definition) is 1. The largest absolute Gasteiger partial charge is 0.497 e. The first-order valence-corrected chi connectivity index (χ1v) is 11.6. The molecule has 0 spiro atoms. The van der Waals surface area contributed by atoms with Gasteiger partial charge in [0, 0.05) is 18.0 Å². The number of hydrogen-bond acceptors (Lipinski definition) is 5. The van der Waals surface area contributed by atoms with Crippen molar-refractivity contribution in [1.29, 1.82) is 0 Å². The maximum atomic E-state index is 13.0. The minimum absolute atomic E-state index is 0.0515. The van der Waals surface area contributed by atoms with E-state index in [2.05, 4.69) is 26.1 Å². The molecule has 186 valence electrons. The summed E-state index contributed by atoms with van der Waals surface area (Å²) in [7, 11) is 3.21. The Morgan fingerprint density at radius 3 is 2.06 bits per heavy atom. The fourth-order valence-corrected chi connectivity index (χ4v) is 3.52. The van der Waals surface area contributed by atoms with Gasteiger partial charge in [-0.3, -0.25) is 9.59 Å². The molecule has 0 saturated carbocycles. The van der Waals surface area contributed by atoms with E-state index in [0.29, 0.717) is 12.4 Å². The predicted molar refractivity (Wildman–Crippen MR) is 136 cm³/mol. The molecule has 0 aliphatic rings. The van der Waals surface area contributed by atoms with Crippen molar-refractivity contribution in [2.24, 2.45) is 0 Å². The Bertz CT molecular complexity index is 1150. The summed E-state index contributed by atoms with van der Waals surface area (Å²) < 4.78 is 12.1. The van der Waals surface area contributed by atoms with Gasteiger partial charge in [0.1, 0.15) is 17.3 Å². The van der Waals surface area contributed by atoms with Crippen LogP contribution in [0, 0.1) is 0 Å². The molecule has 0 saturated heterocycles. The third kappa shape index (κ3) is 6.62. The smallest absolute Gasteiger partial charge is 0.245 e. The van der Waals surface area contributed by atoms with Gasteiger partial charge in [-0.2, -0.15) is 5.10 Å². The van der Waals surface area contributed by atoms with Gasteiger partial charge in [0.15, 0.2) is 0 Å². The molecule has 3 rings (SSSR count). The van der Waals surface area contributed by atoms with E-state index in [9.17, 15) is 9.59 Å². The third-order valence-corrected chi connectivity index (χ3v) is 5.65. The van der Waals surface area contributed by atoms with Gasteiger partial charge in [0.2, 0.25) is 11.8 Å². The molecule has 0 radical (unpaired) electrons. The zero-order valence-corrected chi connectivity index (χ0v) is 21.3. The number of likely N-dealkylation sites (N-methyl/N-ethyl adjacent to an activating group) is 1. The molecule has 1 N–H and O–H groups in total. The van der Waals surface area contributed by atoms with Gasteiger partial charge >= 0.3 is 0 Å². The maximum absolute atomic E-state index is 13.0. The van der Waals surface area contributed by atoms with Crippen LogP contribution in [0.1, 0.15) is 39.0 Å². The van der Waals surface area contributed by atoms with Crippen molar-refractivity contribution in [3.05, 3.63) is 65.9 Å². The lowest BCUT2D eigenvalue weighted by Crippen LogP contribution is -2.38. The zero-order chi connectivity index (χ0) is 25.6. The minimum atomic E-state index is -0.287. The van der Waals surface area contributed by atoms with Crippen molar-refractivity contribution < 1.29 is 19.1 Å². The number of carbonyl (C=O) groups is 2. The Labute approximate surface area is 206 Å². The molecule has 0 fully saturated rings. The third-order valence-electron chi connectivity index (χ3n) is 5.65. The standard InChI is InChI=1S/C27H34N4O4/c1-7-30(26(33)16-19-8-12-21(34-5)13-9-19)18-25(32)28-24-17-23(27(2,3)4)29-31(24)20-10-14-22(35-6)15-11-20/h8-15,17H,7,16,18H2,1-6H3,(H,28,32). The molecule has 0 aliphatic heterocycles. The Morgan fingerprint density at radius 1 is 0.971 bits per heavy atom. The van der Waals surface area contributed by atoms with Crippen LogP contribution in [0.3, 0.4) is 0 Å². The summed E-state index contributed by atoms with van der Waals surface area (Å²) in [6.45, 7) is 8.43. The van der Waals surface area contributed by atoms with Gasteiger partial charge in [-0.15, -0.1) is 0 Å². The summed E-state index contributed by atoms with van der Waals surface area (Å²) in [6, 6.07) is 16.7. The second-order valence-corrected chi connectivity index (χ2v) is 9.26. The van der Waals surface area contributed by atoms with Crippen LogP contribution < -0.4 is 14.8 Å². The normalized spacial score (nSPS) is 11.1. The van der Waals surface area contributed by atoms with Gasteiger partial charge in [-0.05, 0) is 48.9 Å². The van der Waals surface area contributed by atoms with Crippen molar-refractivity contribution in [2.45, 2.75) is 39.5 Å². The molecular weight excluding hydrogens is 444 g/mol. The van der Waals surface area contributed by atoms with Crippen LogP contribution in [0.2, 0.25) is 0 Å². The van der Waals surface area contributed by atoms with E-state index in [1.807, 2.05) is 61.5 Å². The summed E-state index contributed by atoms with van der Waals surface area (Å²) in [5.74, 6) is 1.60.